The first-order chi connectivity index (χ1) is 14.9. The SMILES string of the molecule is CCCn1c(-c2ccc(NC(=O)OCCOC)cc2)c(N)c2ccc(OC(F)F)cc21. The number of aryl methyl sites for hydroxylation is 1. The molecule has 0 spiro atoms. The number of fused-ring (bicyclic) bond motifs is 1. The first kappa shape index (κ1) is 22.4. The Hall–Kier alpha value is -3.33. The molecule has 1 heterocycles. The Bertz CT molecular complexity index is 1040. The summed E-state index contributed by atoms with van der Waals surface area (Å²) in [4.78, 5) is 11.8. The average molecular weight is 433 g/mol. The van der Waals surface area contributed by atoms with Crippen LogP contribution < -0.4 is 15.8 Å². The molecule has 1 amide bonds. The number of halogens is 2. The molecule has 0 aliphatic carbocycles. The van der Waals surface area contributed by atoms with E-state index >= 15 is 0 Å². The Balaban J connectivity index is 1.91. The maximum Gasteiger partial charge on any atom is 0.411 e. The molecule has 0 saturated carbocycles. The largest absolute Gasteiger partial charge is 0.447 e. The fourth-order valence-electron chi connectivity index (χ4n) is 3.38. The molecule has 31 heavy (non-hydrogen) atoms. The van der Waals surface area contributed by atoms with Crippen LogP contribution in [0.15, 0.2) is 42.5 Å². The van der Waals surface area contributed by atoms with E-state index in [0.29, 0.717) is 24.5 Å². The van der Waals surface area contributed by atoms with E-state index in [1.54, 1.807) is 24.3 Å². The predicted octanol–water partition coefficient (Wildman–Crippen LogP) is 5.10. The third kappa shape index (κ3) is 5.24. The highest BCUT2D eigenvalue weighted by Crippen LogP contribution is 2.38. The van der Waals surface area contributed by atoms with Gasteiger partial charge in [0.2, 0.25) is 0 Å². The molecule has 1 aromatic heterocycles. The molecule has 0 aliphatic rings. The summed E-state index contributed by atoms with van der Waals surface area (Å²) in [6.45, 7) is 0.244. The van der Waals surface area contributed by atoms with Crippen LogP contribution in [0.1, 0.15) is 13.3 Å². The molecular formula is C22H25F2N3O4. The summed E-state index contributed by atoms with van der Waals surface area (Å²) >= 11 is 0. The maximum absolute atomic E-state index is 12.6. The number of methoxy groups -OCH3 is 1. The lowest BCUT2D eigenvalue weighted by Crippen LogP contribution is -2.16. The molecule has 3 aromatic rings. The summed E-state index contributed by atoms with van der Waals surface area (Å²) in [6, 6.07) is 11.9. The van der Waals surface area contributed by atoms with Gasteiger partial charge in [-0.3, -0.25) is 5.32 Å². The van der Waals surface area contributed by atoms with Gasteiger partial charge in [-0.25, -0.2) is 4.79 Å². The van der Waals surface area contributed by atoms with Crippen molar-refractivity contribution >= 4 is 28.4 Å². The highest BCUT2D eigenvalue weighted by atomic mass is 19.3. The number of alkyl halides is 2. The fraction of sp³-hybridized carbons (Fsp3) is 0.318. The van der Waals surface area contributed by atoms with E-state index in [1.165, 1.54) is 13.2 Å². The highest BCUT2D eigenvalue weighted by Gasteiger charge is 2.18. The lowest BCUT2D eigenvalue weighted by atomic mass is 10.1. The number of hydrogen-bond acceptors (Lipinski definition) is 5. The van der Waals surface area contributed by atoms with E-state index in [0.717, 1.165) is 28.6 Å². The van der Waals surface area contributed by atoms with Crippen molar-refractivity contribution in [2.75, 3.05) is 31.4 Å². The average Bonchev–Trinajstić information content (AvgIpc) is 3.00. The molecule has 0 saturated heterocycles. The van der Waals surface area contributed by atoms with E-state index in [4.69, 9.17) is 15.2 Å². The Kier molecular flexibility index (Phi) is 7.30. The van der Waals surface area contributed by atoms with Gasteiger partial charge >= 0.3 is 12.7 Å². The van der Waals surface area contributed by atoms with Crippen molar-refractivity contribution < 1.29 is 27.8 Å². The minimum atomic E-state index is -2.90. The van der Waals surface area contributed by atoms with Gasteiger partial charge in [-0.05, 0) is 30.7 Å². The van der Waals surface area contributed by atoms with Crippen molar-refractivity contribution in [1.29, 1.82) is 0 Å². The quantitative estimate of drug-likeness (QED) is 0.459. The van der Waals surface area contributed by atoms with Crippen molar-refractivity contribution in [2.24, 2.45) is 0 Å². The summed E-state index contributed by atoms with van der Waals surface area (Å²) in [6.07, 6.45) is 0.249. The number of aromatic nitrogens is 1. The molecule has 0 fully saturated rings. The topological polar surface area (TPSA) is 87.7 Å². The minimum absolute atomic E-state index is 0.0791. The van der Waals surface area contributed by atoms with Crippen LogP contribution in [-0.4, -0.2) is 37.6 Å². The van der Waals surface area contributed by atoms with Crippen LogP contribution in [0.25, 0.3) is 22.2 Å². The second-order valence-electron chi connectivity index (χ2n) is 6.80. The minimum Gasteiger partial charge on any atom is -0.447 e. The monoisotopic (exact) mass is 433 g/mol. The van der Waals surface area contributed by atoms with Gasteiger partial charge in [0.15, 0.2) is 0 Å². The normalized spacial score (nSPS) is 11.1. The molecule has 7 nitrogen and oxygen atoms in total. The molecule has 0 radical (unpaired) electrons. The van der Waals surface area contributed by atoms with E-state index in [1.807, 2.05) is 23.6 Å². The molecule has 3 N–H and O–H groups in total. The van der Waals surface area contributed by atoms with Crippen LogP contribution in [0.3, 0.4) is 0 Å². The smallest absolute Gasteiger partial charge is 0.411 e. The number of benzene rings is 2. The van der Waals surface area contributed by atoms with E-state index in [-0.39, 0.29) is 12.4 Å². The van der Waals surface area contributed by atoms with Crippen LogP contribution in [0.2, 0.25) is 0 Å². The first-order valence-electron chi connectivity index (χ1n) is 9.84. The van der Waals surface area contributed by atoms with E-state index in [2.05, 4.69) is 10.1 Å². The zero-order valence-corrected chi connectivity index (χ0v) is 17.4. The molecule has 166 valence electrons. The lowest BCUT2D eigenvalue weighted by molar-refractivity contribution is -0.0497. The maximum atomic E-state index is 12.6. The first-order valence-corrected chi connectivity index (χ1v) is 9.84. The standard InChI is InChI=1S/C22H25F2N3O4/c1-3-10-27-18-13-16(31-21(23)24)8-9-17(18)19(25)20(27)14-4-6-15(7-5-14)26-22(28)30-12-11-29-2/h4-9,13,21H,3,10-12,25H2,1-2H3,(H,26,28). The third-order valence-electron chi connectivity index (χ3n) is 4.67. The molecule has 0 bridgehead atoms. The second-order valence-corrected chi connectivity index (χ2v) is 6.80. The molecular weight excluding hydrogens is 408 g/mol. The molecule has 3 rings (SSSR count). The zero-order chi connectivity index (χ0) is 22.4. The molecule has 0 atom stereocenters. The van der Waals surface area contributed by atoms with Gasteiger partial charge in [-0.1, -0.05) is 19.1 Å². The zero-order valence-electron chi connectivity index (χ0n) is 17.4. The molecule has 2 aromatic carbocycles. The van der Waals surface area contributed by atoms with Crippen molar-refractivity contribution in [1.82, 2.24) is 4.57 Å². The van der Waals surface area contributed by atoms with Gasteiger partial charge in [-0.15, -0.1) is 0 Å². The Morgan fingerprint density at radius 1 is 1.16 bits per heavy atom. The van der Waals surface area contributed by atoms with Gasteiger partial charge in [-0.2, -0.15) is 8.78 Å². The Morgan fingerprint density at radius 2 is 1.90 bits per heavy atom. The predicted molar refractivity (Wildman–Crippen MR) is 116 cm³/mol. The van der Waals surface area contributed by atoms with Crippen LogP contribution in [0.5, 0.6) is 5.75 Å². The number of anilines is 2. The lowest BCUT2D eigenvalue weighted by Gasteiger charge is -2.12. The summed E-state index contributed by atoms with van der Waals surface area (Å²) in [5, 5.41) is 3.40. The number of carbonyl (C=O) groups is 1. The van der Waals surface area contributed by atoms with Crippen LogP contribution >= 0.6 is 0 Å². The van der Waals surface area contributed by atoms with E-state index < -0.39 is 12.7 Å². The van der Waals surface area contributed by atoms with Crippen LogP contribution in [-0.2, 0) is 16.0 Å². The number of nitrogens with zero attached hydrogens (tertiary/aromatic N) is 1. The number of nitrogens with one attached hydrogen (secondary N) is 1. The summed E-state index contributed by atoms with van der Waals surface area (Å²) in [5.74, 6) is 0.0791. The summed E-state index contributed by atoms with van der Waals surface area (Å²) in [7, 11) is 1.52. The second kappa shape index (κ2) is 10.1. The van der Waals surface area contributed by atoms with Crippen molar-refractivity contribution in [3.63, 3.8) is 0 Å². The van der Waals surface area contributed by atoms with Crippen LogP contribution in [0, 0.1) is 0 Å². The number of ether oxygens (including phenoxy) is 3. The summed E-state index contributed by atoms with van der Waals surface area (Å²) < 4.78 is 41.6. The molecule has 9 heteroatoms. The Morgan fingerprint density at radius 3 is 2.55 bits per heavy atom. The summed E-state index contributed by atoms with van der Waals surface area (Å²) in [5.41, 5.74) is 9.87. The van der Waals surface area contributed by atoms with Gasteiger partial charge in [0, 0.05) is 36.4 Å². The highest BCUT2D eigenvalue weighted by molar-refractivity contribution is 6.01. The fourth-order valence-corrected chi connectivity index (χ4v) is 3.38. The van der Waals surface area contributed by atoms with Crippen molar-refractivity contribution in [3.8, 4) is 17.0 Å². The van der Waals surface area contributed by atoms with E-state index in [9.17, 15) is 13.6 Å². The number of amides is 1. The van der Waals surface area contributed by atoms with Gasteiger partial charge in [0.1, 0.15) is 12.4 Å². The van der Waals surface area contributed by atoms with Crippen molar-refractivity contribution in [3.05, 3.63) is 42.5 Å². The number of nitrogen functional groups attached to an aromatic ring is 1. The van der Waals surface area contributed by atoms with Gasteiger partial charge in [0.25, 0.3) is 0 Å². The number of hydrogen-bond donors (Lipinski definition) is 2. The van der Waals surface area contributed by atoms with Crippen molar-refractivity contribution in [2.45, 2.75) is 26.5 Å². The molecule has 0 aliphatic heterocycles. The number of rotatable bonds is 9. The number of carbonyl (C=O) groups excluding carboxylic acids is 1. The molecule has 0 unspecified atom stereocenters. The van der Waals surface area contributed by atoms with Gasteiger partial charge in [0.05, 0.1) is 23.5 Å². The van der Waals surface area contributed by atoms with Crippen LogP contribution in [0.4, 0.5) is 25.0 Å². The number of nitrogens with two attached hydrogens (primary N) is 1. The Labute approximate surface area is 178 Å². The third-order valence-corrected chi connectivity index (χ3v) is 4.67. The van der Waals surface area contributed by atoms with Gasteiger partial charge < -0.3 is 24.5 Å².